The number of para-hydroxylation sites is 1. The number of hydrogen-bond donors (Lipinski definition) is 1. The van der Waals surface area contributed by atoms with Crippen LogP contribution in [0.2, 0.25) is 0 Å². The van der Waals surface area contributed by atoms with Crippen molar-refractivity contribution in [3.05, 3.63) is 29.8 Å². The van der Waals surface area contributed by atoms with E-state index in [-0.39, 0.29) is 11.5 Å². The molecule has 25 heavy (non-hydrogen) atoms. The molecule has 0 radical (unpaired) electrons. The molecule has 3 aliphatic rings. The smallest absolute Gasteiger partial charge is 0.122 e. The highest BCUT2D eigenvalue weighted by atomic mass is 16.5. The van der Waals surface area contributed by atoms with Gasteiger partial charge < -0.3 is 15.4 Å². The highest BCUT2D eigenvalue weighted by Gasteiger charge is 2.44. The van der Waals surface area contributed by atoms with Gasteiger partial charge in [-0.1, -0.05) is 31.0 Å². The lowest BCUT2D eigenvalue weighted by Gasteiger charge is -2.48. The van der Waals surface area contributed by atoms with Crippen molar-refractivity contribution in [1.82, 2.24) is 4.90 Å². The van der Waals surface area contributed by atoms with E-state index in [1.807, 2.05) is 0 Å². The molecule has 4 rings (SSSR count). The maximum absolute atomic E-state index is 6.56. The first kappa shape index (κ1) is 17.4. The molecule has 0 amide bonds. The lowest BCUT2D eigenvalue weighted by Crippen LogP contribution is -2.54. The van der Waals surface area contributed by atoms with Crippen LogP contribution in [-0.2, 0) is 5.41 Å². The molecule has 2 aliphatic carbocycles. The van der Waals surface area contributed by atoms with E-state index in [1.54, 1.807) is 7.11 Å². The van der Waals surface area contributed by atoms with Crippen molar-refractivity contribution in [2.75, 3.05) is 20.2 Å². The number of fused-ring (bicyclic) bond motifs is 2. The van der Waals surface area contributed by atoms with Crippen LogP contribution in [0.5, 0.6) is 5.75 Å². The standard InChI is InChI=1S/C22H34N2O/c1-16(23)22(20-5-3-4-6-21(20)25-2)9-11-24(12-10-22)19-14-17-7-8-18(13-17)15-19/h3-6,16-19H,7-15,23H2,1-2H3/t16?,17-,18?,19?/m1/s1. The summed E-state index contributed by atoms with van der Waals surface area (Å²) < 4.78 is 5.68. The number of piperidine rings is 1. The first-order chi connectivity index (χ1) is 12.1. The molecule has 2 N–H and O–H groups in total. The molecule has 3 unspecified atom stereocenters. The van der Waals surface area contributed by atoms with E-state index in [1.165, 1.54) is 50.8 Å². The fourth-order valence-corrected chi connectivity index (χ4v) is 6.08. The number of nitrogens with zero attached hydrogens (tertiary/aromatic N) is 1. The Kier molecular flexibility index (Phi) is 4.81. The zero-order valence-electron chi connectivity index (χ0n) is 15.9. The van der Waals surface area contributed by atoms with E-state index >= 15 is 0 Å². The van der Waals surface area contributed by atoms with Gasteiger partial charge in [-0.2, -0.15) is 0 Å². The monoisotopic (exact) mass is 342 g/mol. The van der Waals surface area contributed by atoms with E-state index in [0.29, 0.717) is 0 Å². The van der Waals surface area contributed by atoms with Crippen LogP contribution in [0.3, 0.4) is 0 Å². The summed E-state index contributed by atoms with van der Waals surface area (Å²) in [5.41, 5.74) is 7.93. The summed E-state index contributed by atoms with van der Waals surface area (Å²) in [4.78, 5) is 2.79. The van der Waals surface area contributed by atoms with Gasteiger partial charge >= 0.3 is 0 Å². The minimum absolute atomic E-state index is 0.0523. The van der Waals surface area contributed by atoms with Crippen molar-refractivity contribution in [3.8, 4) is 5.75 Å². The van der Waals surface area contributed by atoms with E-state index < -0.39 is 0 Å². The van der Waals surface area contributed by atoms with Gasteiger partial charge in [0.25, 0.3) is 0 Å². The fourth-order valence-electron chi connectivity index (χ4n) is 6.08. The normalized spacial score (nSPS) is 33.2. The van der Waals surface area contributed by atoms with Crippen LogP contribution in [-0.4, -0.2) is 37.2 Å². The lowest BCUT2D eigenvalue weighted by atomic mass is 9.67. The number of likely N-dealkylation sites (tertiary alicyclic amines) is 1. The lowest BCUT2D eigenvalue weighted by molar-refractivity contribution is 0.0676. The van der Waals surface area contributed by atoms with Crippen molar-refractivity contribution < 1.29 is 4.74 Å². The Morgan fingerprint density at radius 1 is 1.08 bits per heavy atom. The quantitative estimate of drug-likeness (QED) is 0.900. The van der Waals surface area contributed by atoms with E-state index in [9.17, 15) is 0 Å². The predicted molar refractivity (Wildman–Crippen MR) is 103 cm³/mol. The summed E-state index contributed by atoms with van der Waals surface area (Å²) in [5, 5.41) is 0. The maximum atomic E-state index is 6.56. The van der Waals surface area contributed by atoms with E-state index in [2.05, 4.69) is 36.1 Å². The molecule has 3 nitrogen and oxygen atoms in total. The average Bonchev–Trinajstić information content (AvgIpc) is 2.99. The largest absolute Gasteiger partial charge is 0.496 e. The zero-order chi connectivity index (χ0) is 17.4. The predicted octanol–water partition coefficient (Wildman–Crippen LogP) is 3.95. The molecule has 2 saturated carbocycles. The topological polar surface area (TPSA) is 38.5 Å². The Hall–Kier alpha value is -1.06. The Labute approximate surface area is 152 Å². The molecule has 1 aromatic carbocycles. The molecule has 1 heterocycles. The van der Waals surface area contributed by atoms with Gasteiger partial charge in [-0.25, -0.2) is 0 Å². The summed E-state index contributed by atoms with van der Waals surface area (Å²) in [6.45, 7) is 4.55. The second-order valence-electron chi connectivity index (χ2n) is 8.85. The molecule has 1 aliphatic heterocycles. The van der Waals surface area contributed by atoms with Crippen molar-refractivity contribution in [3.63, 3.8) is 0 Å². The first-order valence-corrected chi connectivity index (χ1v) is 10.3. The highest BCUT2D eigenvalue weighted by molar-refractivity contribution is 5.41. The zero-order valence-corrected chi connectivity index (χ0v) is 15.9. The number of nitrogens with two attached hydrogens (primary N) is 1. The number of methoxy groups -OCH3 is 1. The van der Waals surface area contributed by atoms with Crippen LogP contribution in [0.15, 0.2) is 24.3 Å². The molecule has 138 valence electrons. The summed E-state index contributed by atoms with van der Waals surface area (Å²) in [6.07, 6.45) is 9.66. The second-order valence-corrected chi connectivity index (χ2v) is 8.85. The minimum Gasteiger partial charge on any atom is -0.496 e. The minimum atomic E-state index is 0.0523. The molecule has 0 spiro atoms. The third-order valence-corrected chi connectivity index (χ3v) is 7.58. The summed E-state index contributed by atoms with van der Waals surface area (Å²) >= 11 is 0. The molecular weight excluding hydrogens is 308 g/mol. The van der Waals surface area contributed by atoms with Gasteiger partial charge in [-0.05, 0) is 70.0 Å². The third kappa shape index (κ3) is 3.10. The van der Waals surface area contributed by atoms with Gasteiger partial charge in [0.1, 0.15) is 5.75 Å². The van der Waals surface area contributed by atoms with Gasteiger partial charge in [0.2, 0.25) is 0 Å². The van der Waals surface area contributed by atoms with Gasteiger partial charge in [0.15, 0.2) is 0 Å². The molecule has 0 aromatic heterocycles. The number of hydrogen-bond acceptors (Lipinski definition) is 3. The molecule has 4 atom stereocenters. The van der Waals surface area contributed by atoms with Gasteiger partial charge in [-0.3, -0.25) is 0 Å². The third-order valence-electron chi connectivity index (χ3n) is 7.58. The van der Waals surface area contributed by atoms with Crippen LogP contribution in [0, 0.1) is 11.8 Å². The summed E-state index contributed by atoms with van der Waals surface area (Å²) in [7, 11) is 1.78. The molecule has 3 fully saturated rings. The first-order valence-electron chi connectivity index (χ1n) is 10.3. The van der Waals surface area contributed by atoms with E-state index in [0.717, 1.165) is 36.5 Å². The number of benzene rings is 1. The molecule has 1 aromatic rings. The highest BCUT2D eigenvalue weighted by Crippen LogP contribution is 2.46. The molecule has 1 saturated heterocycles. The average molecular weight is 343 g/mol. The van der Waals surface area contributed by atoms with Gasteiger partial charge in [0, 0.05) is 23.1 Å². The van der Waals surface area contributed by atoms with Crippen LogP contribution >= 0.6 is 0 Å². The van der Waals surface area contributed by atoms with Crippen molar-refractivity contribution in [1.29, 1.82) is 0 Å². The Morgan fingerprint density at radius 2 is 1.72 bits per heavy atom. The maximum Gasteiger partial charge on any atom is 0.122 e. The Bertz CT molecular complexity index is 579. The van der Waals surface area contributed by atoms with Gasteiger partial charge in [-0.15, -0.1) is 0 Å². The molecule has 2 bridgehead atoms. The van der Waals surface area contributed by atoms with Crippen LogP contribution in [0.1, 0.15) is 57.4 Å². The second kappa shape index (κ2) is 6.92. The molecular formula is C22H34N2O. The Balaban J connectivity index is 1.51. The Morgan fingerprint density at radius 3 is 2.32 bits per heavy atom. The number of rotatable bonds is 4. The SMILES string of the molecule is COc1ccccc1C1(C(C)N)CCN(C2CC3CC[C@H](C3)C2)CC1. The van der Waals surface area contributed by atoms with E-state index in [4.69, 9.17) is 10.5 Å². The van der Waals surface area contributed by atoms with Crippen molar-refractivity contribution >= 4 is 0 Å². The van der Waals surface area contributed by atoms with Crippen LogP contribution < -0.4 is 10.5 Å². The summed E-state index contributed by atoms with van der Waals surface area (Å²) in [5.74, 6) is 3.03. The van der Waals surface area contributed by atoms with Crippen molar-refractivity contribution in [2.45, 2.75) is 69.4 Å². The van der Waals surface area contributed by atoms with Crippen LogP contribution in [0.25, 0.3) is 0 Å². The number of ether oxygens (including phenoxy) is 1. The van der Waals surface area contributed by atoms with Crippen LogP contribution in [0.4, 0.5) is 0 Å². The van der Waals surface area contributed by atoms with Gasteiger partial charge in [0.05, 0.1) is 7.11 Å². The fraction of sp³-hybridized carbons (Fsp3) is 0.727. The van der Waals surface area contributed by atoms with Crippen molar-refractivity contribution in [2.24, 2.45) is 17.6 Å². The summed E-state index contributed by atoms with van der Waals surface area (Å²) in [6, 6.07) is 9.49. The molecule has 3 heteroatoms.